The van der Waals surface area contributed by atoms with Crippen LogP contribution < -0.4 is 10.5 Å². The minimum absolute atomic E-state index is 0.0539. The van der Waals surface area contributed by atoms with Crippen LogP contribution in [-0.4, -0.2) is 8.42 Å². The molecule has 0 aliphatic rings. The van der Waals surface area contributed by atoms with Crippen LogP contribution in [0.15, 0.2) is 41.3 Å². The molecule has 0 saturated carbocycles. The second-order valence-electron chi connectivity index (χ2n) is 4.55. The lowest BCUT2D eigenvalue weighted by Gasteiger charge is -2.13. The molecule has 0 aromatic heterocycles. The van der Waals surface area contributed by atoms with Crippen molar-refractivity contribution in [1.29, 1.82) is 0 Å². The molecule has 20 heavy (non-hydrogen) atoms. The zero-order valence-electron chi connectivity index (χ0n) is 11.1. The summed E-state index contributed by atoms with van der Waals surface area (Å²) >= 11 is 0. The number of halogens is 1. The van der Waals surface area contributed by atoms with Gasteiger partial charge in [-0.3, -0.25) is 4.72 Å². The van der Waals surface area contributed by atoms with Crippen molar-refractivity contribution in [2.24, 2.45) is 0 Å². The summed E-state index contributed by atoms with van der Waals surface area (Å²) < 4.78 is 40.5. The van der Waals surface area contributed by atoms with Crippen LogP contribution in [0.3, 0.4) is 0 Å². The SMILES string of the molecule is Cc1cc(N)cc(S(=O)(=O)Nc2ccccc2F)c1C. The van der Waals surface area contributed by atoms with E-state index < -0.39 is 15.8 Å². The van der Waals surface area contributed by atoms with Gasteiger partial charge in [-0.25, -0.2) is 12.8 Å². The quantitative estimate of drug-likeness (QED) is 0.855. The van der Waals surface area contributed by atoms with E-state index in [4.69, 9.17) is 5.73 Å². The average Bonchev–Trinajstić information content (AvgIpc) is 2.36. The Balaban J connectivity index is 2.49. The van der Waals surface area contributed by atoms with E-state index >= 15 is 0 Å². The van der Waals surface area contributed by atoms with Gasteiger partial charge in [-0.2, -0.15) is 0 Å². The van der Waals surface area contributed by atoms with Crippen LogP contribution in [0.4, 0.5) is 15.8 Å². The highest BCUT2D eigenvalue weighted by Gasteiger charge is 2.20. The van der Waals surface area contributed by atoms with Gasteiger partial charge in [0.15, 0.2) is 0 Å². The van der Waals surface area contributed by atoms with Crippen LogP contribution in [0.2, 0.25) is 0 Å². The molecule has 0 amide bonds. The van der Waals surface area contributed by atoms with Gasteiger partial charge in [0.25, 0.3) is 10.0 Å². The summed E-state index contributed by atoms with van der Waals surface area (Å²) in [5.41, 5.74) is 7.29. The fourth-order valence-electron chi connectivity index (χ4n) is 1.88. The molecule has 2 rings (SSSR count). The fourth-order valence-corrected chi connectivity index (χ4v) is 3.30. The summed E-state index contributed by atoms with van der Waals surface area (Å²) in [7, 11) is -3.88. The third-order valence-electron chi connectivity index (χ3n) is 3.05. The molecule has 0 fully saturated rings. The Labute approximate surface area is 117 Å². The van der Waals surface area contributed by atoms with Gasteiger partial charge in [0, 0.05) is 5.69 Å². The number of benzene rings is 2. The maximum absolute atomic E-state index is 13.5. The summed E-state index contributed by atoms with van der Waals surface area (Å²) in [6.45, 7) is 3.46. The Morgan fingerprint density at radius 2 is 1.80 bits per heavy atom. The normalized spacial score (nSPS) is 11.3. The van der Waals surface area contributed by atoms with Gasteiger partial charge in [0.2, 0.25) is 0 Å². The van der Waals surface area contributed by atoms with E-state index in [1.807, 2.05) is 0 Å². The molecule has 3 N–H and O–H groups in total. The van der Waals surface area contributed by atoms with Crippen LogP contribution >= 0.6 is 0 Å². The van der Waals surface area contributed by atoms with Gasteiger partial charge in [-0.1, -0.05) is 12.1 Å². The molecule has 0 spiro atoms. The van der Waals surface area contributed by atoms with Gasteiger partial charge in [-0.15, -0.1) is 0 Å². The van der Waals surface area contributed by atoms with Crippen molar-refractivity contribution >= 4 is 21.4 Å². The molecular formula is C14H15FN2O2S. The highest BCUT2D eigenvalue weighted by molar-refractivity contribution is 7.92. The summed E-state index contributed by atoms with van der Waals surface area (Å²) in [6, 6.07) is 8.65. The number of aryl methyl sites for hydroxylation is 1. The van der Waals surface area contributed by atoms with Gasteiger partial charge < -0.3 is 5.73 Å². The van der Waals surface area contributed by atoms with Crippen LogP contribution in [0, 0.1) is 19.7 Å². The van der Waals surface area contributed by atoms with Crippen LogP contribution in [-0.2, 0) is 10.0 Å². The van der Waals surface area contributed by atoms with E-state index in [1.165, 1.54) is 24.3 Å². The van der Waals surface area contributed by atoms with Crippen molar-refractivity contribution in [3.8, 4) is 0 Å². The minimum atomic E-state index is -3.88. The number of sulfonamides is 1. The lowest BCUT2D eigenvalue weighted by molar-refractivity contribution is 0.598. The predicted octanol–water partition coefficient (Wildman–Crippen LogP) is 2.83. The van der Waals surface area contributed by atoms with Crippen molar-refractivity contribution in [2.45, 2.75) is 18.7 Å². The third-order valence-corrected chi connectivity index (χ3v) is 4.54. The molecule has 0 heterocycles. The number of nitrogen functional groups attached to an aromatic ring is 1. The number of rotatable bonds is 3. The number of nitrogens with one attached hydrogen (secondary N) is 1. The van der Waals surface area contributed by atoms with E-state index in [-0.39, 0.29) is 10.6 Å². The van der Waals surface area contributed by atoms with Gasteiger partial charge in [-0.05, 0) is 49.2 Å². The smallest absolute Gasteiger partial charge is 0.262 e. The first-order valence-corrected chi connectivity index (χ1v) is 7.43. The molecule has 0 aliphatic heterocycles. The molecule has 0 aliphatic carbocycles. The zero-order valence-corrected chi connectivity index (χ0v) is 12.0. The largest absolute Gasteiger partial charge is 0.399 e. The van der Waals surface area contributed by atoms with Gasteiger partial charge in [0.1, 0.15) is 5.82 Å². The van der Waals surface area contributed by atoms with E-state index in [2.05, 4.69) is 4.72 Å². The Morgan fingerprint density at radius 3 is 2.45 bits per heavy atom. The van der Waals surface area contributed by atoms with Gasteiger partial charge in [0.05, 0.1) is 10.6 Å². The Hall–Kier alpha value is -2.08. The molecule has 0 saturated heterocycles. The van der Waals surface area contributed by atoms with Crippen molar-refractivity contribution in [3.05, 3.63) is 53.3 Å². The van der Waals surface area contributed by atoms with Gasteiger partial charge >= 0.3 is 0 Å². The summed E-state index contributed by atoms with van der Waals surface area (Å²) in [5, 5.41) is 0. The second-order valence-corrected chi connectivity index (χ2v) is 6.20. The molecule has 6 heteroatoms. The first-order valence-electron chi connectivity index (χ1n) is 5.95. The monoisotopic (exact) mass is 294 g/mol. The lowest BCUT2D eigenvalue weighted by Crippen LogP contribution is -2.16. The molecule has 2 aromatic rings. The number of nitrogens with two attached hydrogens (primary N) is 1. The highest BCUT2D eigenvalue weighted by Crippen LogP contribution is 2.25. The molecule has 2 aromatic carbocycles. The van der Waals surface area contributed by atoms with E-state index in [1.54, 1.807) is 26.0 Å². The van der Waals surface area contributed by atoms with Crippen LogP contribution in [0.25, 0.3) is 0 Å². The predicted molar refractivity (Wildman–Crippen MR) is 77.5 cm³/mol. The lowest BCUT2D eigenvalue weighted by atomic mass is 10.1. The van der Waals surface area contributed by atoms with E-state index in [0.29, 0.717) is 11.3 Å². The third kappa shape index (κ3) is 2.75. The maximum atomic E-state index is 13.5. The molecule has 0 unspecified atom stereocenters. The highest BCUT2D eigenvalue weighted by atomic mass is 32.2. The summed E-state index contributed by atoms with van der Waals surface area (Å²) in [5.74, 6) is -0.630. The average molecular weight is 294 g/mol. The number of anilines is 2. The van der Waals surface area contributed by atoms with Crippen LogP contribution in [0.5, 0.6) is 0 Å². The molecular weight excluding hydrogens is 279 g/mol. The summed E-state index contributed by atoms with van der Waals surface area (Å²) in [4.78, 5) is 0.0539. The standard InChI is InChI=1S/C14H15FN2O2S/c1-9-7-11(16)8-14(10(9)2)20(18,19)17-13-6-4-3-5-12(13)15/h3-8,17H,16H2,1-2H3. The topological polar surface area (TPSA) is 72.2 Å². The Kier molecular flexibility index (Phi) is 3.67. The molecule has 106 valence electrons. The molecule has 0 radical (unpaired) electrons. The number of hydrogen-bond acceptors (Lipinski definition) is 3. The van der Waals surface area contributed by atoms with Crippen molar-refractivity contribution in [3.63, 3.8) is 0 Å². The molecule has 4 nitrogen and oxygen atoms in total. The maximum Gasteiger partial charge on any atom is 0.262 e. The zero-order chi connectivity index (χ0) is 14.9. The van der Waals surface area contributed by atoms with E-state index in [9.17, 15) is 12.8 Å². The first kappa shape index (κ1) is 14.3. The second kappa shape index (κ2) is 5.13. The Morgan fingerprint density at radius 1 is 1.15 bits per heavy atom. The van der Waals surface area contributed by atoms with Crippen LogP contribution in [0.1, 0.15) is 11.1 Å². The Bertz CT molecular complexity index is 758. The summed E-state index contributed by atoms with van der Waals surface area (Å²) in [6.07, 6.45) is 0. The number of hydrogen-bond donors (Lipinski definition) is 2. The minimum Gasteiger partial charge on any atom is -0.399 e. The van der Waals surface area contributed by atoms with E-state index in [0.717, 1.165) is 5.56 Å². The first-order chi connectivity index (χ1) is 9.31. The van der Waals surface area contributed by atoms with Crippen molar-refractivity contribution in [1.82, 2.24) is 0 Å². The fraction of sp³-hybridized carbons (Fsp3) is 0.143. The molecule has 0 atom stereocenters. The van der Waals surface area contributed by atoms with Crippen molar-refractivity contribution in [2.75, 3.05) is 10.5 Å². The molecule has 0 bridgehead atoms. The van der Waals surface area contributed by atoms with Crippen molar-refractivity contribution < 1.29 is 12.8 Å². The number of para-hydroxylation sites is 1.